The Hall–Kier alpha value is -2.97. The Balaban J connectivity index is 1.64. The molecule has 3 aromatic rings. The fourth-order valence-corrected chi connectivity index (χ4v) is 5.59. The van der Waals surface area contributed by atoms with E-state index < -0.39 is 15.9 Å². The van der Waals surface area contributed by atoms with E-state index in [1.807, 2.05) is 30.3 Å². The third-order valence-electron chi connectivity index (χ3n) is 5.52. The van der Waals surface area contributed by atoms with Crippen LogP contribution in [0.4, 0.5) is 5.69 Å². The van der Waals surface area contributed by atoms with Crippen LogP contribution in [0.15, 0.2) is 57.9 Å². The summed E-state index contributed by atoms with van der Waals surface area (Å²) in [6.45, 7) is 4.49. The molecule has 1 aliphatic rings. The summed E-state index contributed by atoms with van der Waals surface area (Å²) in [5.74, 6) is -0.00703. The molecule has 2 heterocycles. The monoisotopic (exact) mass is 439 g/mol. The van der Waals surface area contributed by atoms with Gasteiger partial charge >= 0.3 is 0 Å². The van der Waals surface area contributed by atoms with Crippen LogP contribution in [0.3, 0.4) is 0 Å². The lowest BCUT2D eigenvalue weighted by atomic mass is 10.1. The van der Waals surface area contributed by atoms with Crippen LogP contribution in [-0.2, 0) is 10.0 Å². The second-order valence-corrected chi connectivity index (χ2v) is 9.63. The van der Waals surface area contributed by atoms with Gasteiger partial charge in [-0.15, -0.1) is 0 Å². The molecule has 8 heteroatoms. The number of rotatable bonds is 5. The summed E-state index contributed by atoms with van der Waals surface area (Å²) in [6.07, 6.45) is 2.77. The van der Waals surface area contributed by atoms with E-state index in [1.54, 1.807) is 26.0 Å². The van der Waals surface area contributed by atoms with E-state index in [-0.39, 0.29) is 4.90 Å². The Kier molecular flexibility index (Phi) is 5.93. The van der Waals surface area contributed by atoms with Crippen LogP contribution < -0.4 is 5.32 Å². The van der Waals surface area contributed by atoms with Gasteiger partial charge in [0.1, 0.15) is 17.0 Å². The van der Waals surface area contributed by atoms with Gasteiger partial charge in [-0.2, -0.15) is 4.31 Å². The van der Waals surface area contributed by atoms with Crippen LogP contribution in [-0.4, -0.2) is 36.9 Å². The number of benzene rings is 2. The number of carbonyl (C=O) groups excluding carboxylic acids is 1. The highest BCUT2D eigenvalue weighted by molar-refractivity contribution is 7.89. The summed E-state index contributed by atoms with van der Waals surface area (Å²) in [4.78, 5) is 13.3. The highest BCUT2D eigenvalue weighted by Crippen LogP contribution is 2.28. The molecule has 0 bridgehead atoms. The minimum absolute atomic E-state index is 0.220. The standard InChI is InChI=1S/C23H25N3O4S/c1-16-11-12-19(15-20(16)31(28,29)26-13-7-4-8-14-26)24-23(27)21-17(2)30-25-22(21)18-9-5-3-6-10-18/h3,5-6,9-12,15H,4,7-8,13-14H2,1-2H3,(H,24,27). The van der Waals surface area contributed by atoms with Gasteiger partial charge in [0.25, 0.3) is 5.91 Å². The molecule has 0 aliphatic carbocycles. The number of nitrogens with one attached hydrogen (secondary N) is 1. The lowest BCUT2D eigenvalue weighted by Crippen LogP contribution is -2.36. The Labute approximate surface area is 182 Å². The summed E-state index contributed by atoms with van der Waals surface area (Å²) in [5, 5.41) is 6.86. The molecule has 1 N–H and O–H groups in total. The molecule has 0 radical (unpaired) electrons. The second kappa shape index (κ2) is 8.64. The number of carbonyl (C=O) groups is 1. The van der Waals surface area contributed by atoms with Crippen molar-refractivity contribution in [2.75, 3.05) is 18.4 Å². The highest BCUT2D eigenvalue weighted by atomic mass is 32.2. The van der Waals surface area contributed by atoms with E-state index in [1.165, 1.54) is 10.4 Å². The van der Waals surface area contributed by atoms with Gasteiger partial charge in [-0.3, -0.25) is 4.79 Å². The van der Waals surface area contributed by atoms with Crippen LogP contribution >= 0.6 is 0 Å². The summed E-state index contributed by atoms with van der Waals surface area (Å²) in [6, 6.07) is 14.2. The van der Waals surface area contributed by atoms with Crippen LogP contribution in [0.5, 0.6) is 0 Å². The van der Waals surface area contributed by atoms with Crippen molar-refractivity contribution < 1.29 is 17.7 Å². The number of anilines is 1. The normalized spacial score (nSPS) is 15.0. The molecule has 4 rings (SSSR count). The smallest absolute Gasteiger partial charge is 0.261 e. The molecule has 2 aromatic carbocycles. The molecule has 1 aliphatic heterocycles. The maximum Gasteiger partial charge on any atom is 0.261 e. The largest absolute Gasteiger partial charge is 0.360 e. The van der Waals surface area contributed by atoms with E-state index in [2.05, 4.69) is 10.5 Å². The zero-order chi connectivity index (χ0) is 22.0. The zero-order valence-corrected chi connectivity index (χ0v) is 18.4. The Bertz CT molecular complexity index is 1200. The molecule has 31 heavy (non-hydrogen) atoms. The number of hydrogen-bond acceptors (Lipinski definition) is 5. The molecule has 1 fully saturated rings. The first kappa shape index (κ1) is 21.3. The summed E-state index contributed by atoms with van der Waals surface area (Å²) in [7, 11) is -3.61. The van der Waals surface area contributed by atoms with E-state index in [0.29, 0.717) is 41.4 Å². The minimum atomic E-state index is -3.61. The zero-order valence-electron chi connectivity index (χ0n) is 17.6. The predicted molar refractivity (Wildman–Crippen MR) is 118 cm³/mol. The predicted octanol–water partition coefficient (Wildman–Crippen LogP) is 4.39. The van der Waals surface area contributed by atoms with Crippen molar-refractivity contribution in [3.63, 3.8) is 0 Å². The lowest BCUT2D eigenvalue weighted by molar-refractivity contribution is 0.102. The van der Waals surface area contributed by atoms with Crippen LogP contribution in [0, 0.1) is 13.8 Å². The molecule has 162 valence electrons. The van der Waals surface area contributed by atoms with Gasteiger partial charge in [0.2, 0.25) is 10.0 Å². The van der Waals surface area contributed by atoms with Crippen molar-refractivity contribution in [3.8, 4) is 11.3 Å². The van der Waals surface area contributed by atoms with Crippen molar-refractivity contribution in [3.05, 3.63) is 65.4 Å². The molecule has 1 amide bonds. The first-order chi connectivity index (χ1) is 14.9. The number of amides is 1. The number of aryl methyl sites for hydroxylation is 2. The molecular weight excluding hydrogens is 414 g/mol. The third kappa shape index (κ3) is 4.26. The molecule has 1 saturated heterocycles. The van der Waals surface area contributed by atoms with Crippen LogP contribution in [0.1, 0.15) is 40.9 Å². The van der Waals surface area contributed by atoms with Gasteiger partial charge in [0.05, 0.1) is 4.90 Å². The molecule has 0 saturated carbocycles. The molecular formula is C23H25N3O4S. The fourth-order valence-electron chi connectivity index (χ4n) is 3.83. The average molecular weight is 440 g/mol. The lowest BCUT2D eigenvalue weighted by Gasteiger charge is -2.26. The summed E-state index contributed by atoms with van der Waals surface area (Å²) >= 11 is 0. The maximum absolute atomic E-state index is 13.2. The van der Waals surface area contributed by atoms with Gasteiger partial charge in [-0.1, -0.05) is 48.0 Å². The van der Waals surface area contributed by atoms with Crippen molar-refractivity contribution in [1.82, 2.24) is 9.46 Å². The number of hydrogen-bond donors (Lipinski definition) is 1. The van der Waals surface area contributed by atoms with Crippen LogP contribution in [0.25, 0.3) is 11.3 Å². The maximum atomic E-state index is 13.2. The van der Waals surface area contributed by atoms with Crippen molar-refractivity contribution in [1.29, 1.82) is 0 Å². The topological polar surface area (TPSA) is 92.5 Å². The Morgan fingerprint density at radius 1 is 1.03 bits per heavy atom. The number of piperidine rings is 1. The molecule has 0 spiro atoms. The van der Waals surface area contributed by atoms with E-state index in [9.17, 15) is 13.2 Å². The van der Waals surface area contributed by atoms with Crippen molar-refractivity contribution in [2.24, 2.45) is 0 Å². The second-order valence-electron chi connectivity index (χ2n) is 7.73. The highest BCUT2D eigenvalue weighted by Gasteiger charge is 2.28. The average Bonchev–Trinajstić information content (AvgIpc) is 3.17. The number of nitrogens with zero attached hydrogens (tertiary/aromatic N) is 2. The molecule has 1 aromatic heterocycles. The summed E-state index contributed by atoms with van der Waals surface area (Å²) in [5.41, 5.74) is 2.60. The minimum Gasteiger partial charge on any atom is -0.360 e. The molecule has 0 unspecified atom stereocenters. The van der Waals surface area contributed by atoms with Gasteiger partial charge in [0, 0.05) is 24.3 Å². The van der Waals surface area contributed by atoms with E-state index in [4.69, 9.17) is 4.52 Å². The third-order valence-corrected chi connectivity index (χ3v) is 7.56. The van der Waals surface area contributed by atoms with Crippen LogP contribution in [0.2, 0.25) is 0 Å². The fraction of sp³-hybridized carbons (Fsp3) is 0.304. The first-order valence-corrected chi connectivity index (χ1v) is 11.8. The quantitative estimate of drug-likeness (QED) is 0.637. The SMILES string of the molecule is Cc1ccc(NC(=O)c2c(-c3ccccc3)noc2C)cc1S(=O)(=O)N1CCCCC1. The van der Waals surface area contributed by atoms with Gasteiger partial charge in [-0.05, 0) is 44.4 Å². The van der Waals surface area contributed by atoms with Gasteiger partial charge < -0.3 is 9.84 Å². The molecule has 0 atom stereocenters. The van der Waals surface area contributed by atoms with Gasteiger partial charge in [0.15, 0.2) is 0 Å². The van der Waals surface area contributed by atoms with E-state index >= 15 is 0 Å². The number of sulfonamides is 1. The Morgan fingerprint density at radius 2 is 1.74 bits per heavy atom. The van der Waals surface area contributed by atoms with Crippen molar-refractivity contribution in [2.45, 2.75) is 38.0 Å². The van der Waals surface area contributed by atoms with E-state index in [0.717, 1.165) is 24.8 Å². The summed E-state index contributed by atoms with van der Waals surface area (Å²) < 4.78 is 33.1. The van der Waals surface area contributed by atoms with Gasteiger partial charge in [-0.25, -0.2) is 8.42 Å². The first-order valence-electron chi connectivity index (χ1n) is 10.3. The van der Waals surface area contributed by atoms with Crippen molar-refractivity contribution >= 4 is 21.6 Å². The Morgan fingerprint density at radius 3 is 2.45 bits per heavy atom. The molecule has 7 nitrogen and oxygen atoms in total. The number of aromatic nitrogens is 1.